The molecule has 150 valence electrons. The van der Waals surface area contributed by atoms with Gasteiger partial charge in [0.1, 0.15) is 6.61 Å². The lowest BCUT2D eigenvalue weighted by Crippen LogP contribution is -2.27. The molecule has 4 rings (SSSR count). The summed E-state index contributed by atoms with van der Waals surface area (Å²) in [6.45, 7) is 3.06. The van der Waals surface area contributed by atoms with E-state index >= 15 is 0 Å². The number of carbonyl (C=O) groups is 1. The molecule has 1 aromatic heterocycles. The monoisotopic (exact) mass is 396 g/mol. The van der Waals surface area contributed by atoms with Crippen LogP contribution in [0.25, 0.3) is 10.9 Å². The third-order valence-electron chi connectivity index (χ3n) is 5.10. The summed E-state index contributed by atoms with van der Waals surface area (Å²) in [5.74, 6) is 0.539. The van der Waals surface area contributed by atoms with E-state index < -0.39 is 0 Å². The van der Waals surface area contributed by atoms with E-state index in [9.17, 15) is 4.79 Å². The van der Waals surface area contributed by atoms with E-state index in [4.69, 9.17) is 4.74 Å². The molecular formula is C26H24N2O2. The number of para-hydroxylation sites is 1. The fourth-order valence-corrected chi connectivity index (χ4v) is 3.38. The van der Waals surface area contributed by atoms with Crippen molar-refractivity contribution < 1.29 is 9.53 Å². The molecule has 1 heterocycles. The Hall–Kier alpha value is -3.66. The van der Waals surface area contributed by atoms with Crippen LogP contribution >= 0.6 is 0 Å². The number of benzene rings is 3. The number of nitrogens with one attached hydrogen (secondary N) is 1. The molecule has 4 heteroatoms. The van der Waals surface area contributed by atoms with Crippen LogP contribution in [0.1, 0.15) is 34.3 Å². The maximum atomic E-state index is 13.0. The normalized spacial score (nSPS) is 11.8. The summed E-state index contributed by atoms with van der Waals surface area (Å²) in [7, 11) is 0. The predicted molar refractivity (Wildman–Crippen MR) is 120 cm³/mol. The zero-order valence-corrected chi connectivity index (χ0v) is 16.9. The Morgan fingerprint density at radius 1 is 0.933 bits per heavy atom. The summed E-state index contributed by atoms with van der Waals surface area (Å²) in [5, 5.41) is 3.88. The zero-order valence-electron chi connectivity index (χ0n) is 16.9. The van der Waals surface area contributed by atoms with Crippen molar-refractivity contribution in [3.8, 4) is 5.88 Å². The van der Waals surface area contributed by atoms with Crippen molar-refractivity contribution in [2.24, 2.45) is 0 Å². The Labute approximate surface area is 176 Å². The molecule has 3 aromatic carbocycles. The molecule has 0 saturated heterocycles. The predicted octanol–water partition coefficient (Wildman–Crippen LogP) is 5.35. The van der Waals surface area contributed by atoms with Crippen molar-refractivity contribution in [3.63, 3.8) is 0 Å². The van der Waals surface area contributed by atoms with Crippen LogP contribution in [0, 0.1) is 0 Å². The second-order valence-corrected chi connectivity index (χ2v) is 7.32. The molecule has 1 amide bonds. The van der Waals surface area contributed by atoms with E-state index in [0.29, 0.717) is 24.6 Å². The lowest BCUT2D eigenvalue weighted by Gasteiger charge is -2.15. The van der Waals surface area contributed by atoms with Gasteiger partial charge in [-0.25, -0.2) is 4.98 Å². The van der Waals surface area contributed by atoms with Crippen molar-refractivity contribution >= 4 is 16.8 Å². The molecule has 0 unspecified atom stereocenters. The molecule has 1 N–H and O–H groups in total. The van der Waals surface area contributed by atoms with Gasteiger partial charge in [0, 0.05) is 18.0 Å². The minimum Gasteiger partial charge on any atom is -0.473 e. The second kappa shape index (κ2) is 9.23. The SMILES string of the molecule is C[C@@H](CNC(=O)c1cc(OCc2ccccc2)nc2ccccc12)c1ccccc1. The highest BCUT2D eigenvalue weighted by Gasteiger charge is 2.15. The molecule has 4 nitrogen and oxygen atoms in total. The molecule has 0 aliphatic rings. The highest BCUT2D eigenvalue weighted by atomic mass is 16.5. The number of pyridine rings is 1. The van der Waals surface area contributed by atoms with Gasteiger partial charge in [0.2, 0.25) is 5.88 Å². The molecule has 0 spiro atoms. The largest absolute Gasteiger partial charge is 0.473 e. The van der Waals surface area contributed by atoms with Gasteiger partial charge in [-0.1, -0.05) is 85.8 Å². The first-order valence-electron chi connectivity index (χ1n) is 10.1. The van der Waals surface area contributed by atoms with E-state index in [0.717, 1.165) is 16.5 Å². The molecule has 30 heavy (non-hydrogen) atoms. The van der Waals surface area contributed by atoms with Crippen molar-refractivity contribution in [1.82, 2.24) is 10.3 Å². The standard InChI is InChI=1S/C26H24N2O2/c1-19(21-12-6-3-7-13-21)17-27-26(29)23-16-25(28-24-15-9-8-14-22(23)24)30-18-20-10-4-2-5-11-20/h2-16,19H,17-18H2,1H3,(H,27,29)/t19-/m0/s1. The molecule has 4 aromatic rings. The number of carbonyl (C=O) groups excluding carboxylic acids is 1. The van der Waals surface area contributed by atoms with Gasteiger partial charge in [0.05, 0.1) is 11.1 Å². The van der Waals surface area contributed by atoms with Crippen LogP contribution in [-0.4, -0.2) is 17.4 Å². The fraction of sp³-hybridized carbons (Fsp3) is 0.154. The van der Waals surface area contributed by atoms with Crippen LogP contribution in [-0.2, 0) is 6.61 Å². The lowest BCUT2D eigenvalue weighted by molar-refractivity contribution is 0.0952. The maximum absolute atomic E-state index is 13.0. The average molecular weight is 396 g/mol. The summed E-state index contributed by atoms with van der Waals surface area (Å²) >= 11 is 0. The smallest absolute Gasteiger partial charge is 0.252 e. The summed E-state index contributed by atoms with van der Waals surface area (Å²) in [6.07, 6.45) is 0. The van der Waals surface area contributed by atoms with Crippen molar-refractivity contribution in [2.45, 2.75) is 19.4 Å². The molecule has 0 saturated carbocycles. The lowest BCUT2D eigenvalue weighted by atomic mass is 10.0. The Bertz CT molecular complexity index is 1130. The Kier molecular flexibility index (Phi) is 6.04. The molecule has 0 aliphatic heterocycles. The Morgan fingerprint density at radius 3 is 2.37 bits per heavy atom. The molecule has 0 bridgehead atoms. The minimum absolute atomic E-state index is 0.124. The van der Waals surface area contributed by atoms with Crippen LogP contribution in [0.4, 0.5) is 0 Å². The Balaban J connectivity index is 1.53. The number of ether oxygens (including phenoxy) is 1. The second-order valence-electron chi connectivity index (χ2n) is 7.32. The minimum atomic E-state index is -0.124. The number of hydrogen-bond donors (Lipinski definition) is 1. The topological polar surface area (TPSA) is 51.2 Å². The van der Waals surface area contributed by atoms with Crippen molar-refractivity contribution in [1.29, 1.82) is 0 Å². The molecule has 0 aliphatic carbocycles. The van der Waals surface area contributed by atoms with Gasteiger partial charge in [-0.3, -0.25) is 4.79 Å². The van der Waals surface area contributed by atoms with Gasteiger partial charge in [0.25, 0.3) is 5.91 Å². The van der Waals surface area contributed by atoms with Crippen LogP contribution in [0.15, 0.2) is 91.0 Å². The summed E-state index contributed by atoms with van der Waals surface area (Å²) in [6, 6.07) is 29.5. The van der Waals surface area contributed by atoms with Gasteiger partial charge >= 0.3 is 0 Å². The third-order valence-corrected chi connectivity index (χ3v) is 5.10. The number of nitrogens with zero attached hydrogens (tertiary/aromatic N) is 1. The van der Waals surface area contributed by atoms with Gasteiger partial charge in [-0.05, 0) is 23.1 Å². The van der Waals surface area contributed by atoms with E-state index in [2.05, 4.69) is 29.4 Å². The number of aromatic nitrogens is 1. The molecule has 0 fully saturated rings. The first-order valence-corrected chi connectivity index (χ1v) is 10.1. The van der Waals surface area contributed by atoms with E-state index in [1.54, 1.807) is 6.07 Å². The van der Waals surface area contributed by atoms with E-state index in [-0.39, 0.29) is 11.8 Å². The fourth-order valence-electron chi connectivity index (χ4n) is 3.38. The Morgan fingerprint density at radius 2 is 1.60 bits per heavy atom. The van der Waals surface area contributed by atoms with Crippen LogP contribution < -0.4 is 10.1 Å². The third kappa shape index (κ3) is 4.66. The molecule has 1 atom stereocenters. The van der Waals surface area contributed by atoms with Crippen LogP contribution in [0.2, 0.25) is 0 Å². The summed E-state index contributed by atoms with van der Waals surface area (Å²) in [4.78, 5) is 17.6. The van der Waals surface area contributed by atoms with Crippen molar-refractivity contribution in [3.05, 3.63) is 108 Å². The molecular weight excluding hydrogens is 372 g/mol. The van der Waals surface area contributed by atoms with Crippen molar-refractivity contribution in [2.75, 3.05) is 6.54 Å². The number of hydrogen-bond acceptors (Lipinski definition) is 3. The highest BCUT2D eigenvalue weighted by Crippen LogP contribution is 2.23. The van der Waals surface area contributed by atoms with E-state index in [1.165, 1.54) is 5.56 Å². The van der Waals surface area contributed by atoms with Crippen LogP contribution in [0.5, 0.6) is 5.88 Å². The quantitative estimate of drug-likeness (QED) is 0.458. The molecule has 0 radical (unpaired) electrons. The van der Waals surface area contributed by atoms with Gasteiger partial charge in [-0.15, -0.1) is 0 Å². The average Bonchev–Trinajstić information content (AvgIpc) is 2.81. The summed E-state index contributed by atoms with van der Waals surface area (Å²) < 4.78 is 5.89. The first kappa shape index (κ1) is 19.6. The van der Waals surface area contributed by atoms with Gasteiger partial charge < -0.3 is 10.1 Å². The van der Waals surface area contributed by atoms with Crippen LogP contribution in [0.3, 0.4) is 0 Å². The first-order chi connectivity index (χ1) is 14.7. The van der Waals surface area contributed by atoms with Gasteiger partial charge in [0.15, 0.2) is 0 Å². The number of rotatable bonds is 7. The summed E-state index contributed by atoms with van der Waals surface area (Å²) in [5.41, 5.74) is 3.56. The number of amides is 1. The highest BCUT2D eigenvalue weighted by molar-refractivity contribution is 6.06. The van der Waals surface area contributed by atoms with Gasteiger partial charge in [-0.2, -0.15) is 0 Å². The zero-order chi connectivity index (χ0) is 20.8. The number of fused-ring (bicyclic) bond motifs is 1. The van der Waals surface area contributed by atoms with E-state index in [1.807, 2.05) is 72.8 Å². The maximum Gasteiger partial charge on any atom is 0.252 e.